The smallest absolute Gasteiger partial charge is 0.150 e. The lowest BCUT2D eigenvalue weighted by Gasteiger charge is -2.17. The van der Waals surface area contributed by atoms with Gasteiger partial charge in [0, 0.05) is 11.6 Å². The highest BCUT2D eigenvalue weighted by atomic mass is 79.9. The summed E-state index contributed by atoms with van der Waals surface area (Å²) in [7, 11) is -3.00. The van der Waals surface area contributed by atoms with Crippen LogP contribution in [0.4, 0.5) is 8.78 Å². The molecule has 0 saturated carbocycles. The number of benzene rings is 1. The lowest BCUT2D eigenvalue weighted by Crippen LogP contribution is -2.19. The maximum atomic E-state index is 13.9. The van der Waals surface area contributed by atoms with Gasteiger partial charge >= 0.3 is 0 Å². The van der Waals surface area contributed by atoms with Gasteiger partial charge in [0.2, 0.25) is 0 Å². The number of sulfone groups is 1. The topological polar surface area (TPSA) is 60.2 Å². The average molecular weight is 354 g/mol. The zero-order chi connectivity index (χ0) is 14.2. The van der Waals surface area contributed by atoms with Crippen molar-refractivity contribution in [1.82, 2.24) is 0 Å². The summed E-state index contributed by atoms with van der Waals surface area (Å²) in [6.07, 6.45) is 0.775. The molecule has 1 aromatic rings. The van der Waals surface area contributed by atoms with Crippen molar-refractivity contribution in [2.45, 2.75) is 18.9 Å². The van der Waals surface area contributed by atoms with Gasteiger partial charge in [0.15, 0.2) is 9.84 Å². The Morgan fingerprint density at radius 2 is 2.11 bits per heavy atom. The van der Waals surface area contributed by atoms with Gasteiger partial charge in [0.05, 0.1) is 16.0 Å². The highest BCUT2D eigenvalue weighted by Gasteiger charge is 2.30. The van der Waals surface area contributed by atoms with Crippen molar-refractivity contribution >= 4 is 25.8 Å². The Balaban J connectivity index is 2.17. The SMILES string of the molecule is NC(CC1CCS(=O)(=O)C1)c1c(F)ccc(Br)c1F. The van der Waals surface area contributed by atoms with Crippen LogP contribution < -0.4 is 5.73 Å². The highest BCUT2D eigenvalue weighted by molar-refractivity contribution is 9.10. The van der Waals surface area contributed by atoms with Crippen LogP contribution in [0.25, 0.3) is 0 Å². The number of hydrogen-bond donors (Lipinski definition) is 1. The molecule has 19 heavy (non-hydrogen) atoms. The zero-order valence-corrected chi connectivity index (χ0v) is 12.5. The molecule has 1 aromatic carbocycles. The zero-order valence-electron chi connectivity index (χ0n) is 10.1. The van der Waals surface area contributed by atoms with Gasteiger partial charge in [-0.1, -0.05) is 0 Å². The Labute approximate surface area is 119 Å². The fourth-order valence-electron chi connectivity index (χ4n) is 2.42. The summed E-state index contributed by atoms with van der Waals surface area (Å²) in [4.78, 5) is 0. The summed E-state index contributed by atoms with van der Waals surface area (Å²) in [6, 6.07) is 1.59. The molecule has 2 atom stereocenters. The molecule has 2 N–H and O–H groups in total. The van der Waals surface area contributed by atoms with Crippen molar-refractivity contribution in [3.05, 3.63) is 33.8 Å². The number of halogens is 3. The maximum Gasteiger partial charge on any atom is 0.150 e. The second kappa shape index (κ2) is 5.46. The minimum Gasteiger partial charge on any atom is -0.324 e. The molecular weight excluding hydrogens is 340 g/mol. The van der Waals surface area contributed by atoms with E-state index in [1.807, 2.05) is 0 Å². The van der Waals surface area contributed by atoms with Crippen LogP contribution in [0.3, 0.4) is 0 Å². The van der Waals surface area contributed by atoms with Crippen molar-refractivity contribution in [2.24, 2.45) is 11.7 Å². The fraction of sp³-hybridized carbons (Fsp3) is 0.500. The third-order valence-electron chi connectivity index (χ3n) is 3.36. The van der Waals surface area contributed by atoms with E-state index >= 15 is 0 Å². The molecule has 2 unspecified atom stereocenters. The van der Waals surface area contributed by atoms with Crippen molar-refractivity contribution in [3.8, 4) is 0 Å². The van der Waals surface area contributed by atoms with E-state index < -0.39 is 27.5 Å². The highest BCUT2D eigenvalue weighted by Crippen LogP contribution is 2.32. The average Bonchev–Trinajstić information content (AvgIpc) is 2.64. The molecule has 0 aromatic heterocycles. The molecule has 0 aliphatic carbocycles. The fourth-order valence-corrected chi connectivity index (χ4v) is 4.64. The largest absolute Gasteiger partial charge is 0.324 e. The molecule has 7 heteroatoms. The second-order valence-corrected chi connectivity index (χ2v) is 7.95. The predicted molar refractivity (Wildman–Crippen MR) is 72.4 cm³/mol. The monoisotopic (exact) mass is 353 g/mol. The minimum atomic E-state index is -3.00. The molecule has 0 radical (unpaired) electrons. The van der Waals surface area contributed by atoms with Crippen molar-refractivity contribution in [2.75, 3.05) is 11.5 Å². The summed E-state index contributed by atoms with van der Waals surface area (Å²) in [5.74, 6) is -1.36. The molecule has 1 aliphatic heterocycles. The normalized spacial score (nSPS) is 23.5. The van der Waals surface area contributed by atoms with Gasteiger partial charge in [0.1, 0.15) is 11.6 Å². The molecule has 1 aliphatic rings. The minimum absolute atomic E-state index is 0.0535. The number of hydrogen-bond acceptors (Lipinski definition) is 3. The standard InChI is InChI=1S/C12H14BrF2NO2S/c13-8-1-2-9(14)11(12(8)15)10(16)5-7-3-4-19(17,18)6-7/h1-2,7,10H,3-6,16H2. The molecule has 106 valence electrons. The van der Waals surface area contributed by atoms with Gasteiger partial charge in [-0.25, -0.2) is 17.2 Å². The first-order valence-electron chi connectivity index (χ1n) is 5.89. The van der Waals surface area contributed by atoms with Crippen LogP contribution in [-0.4, -0.2) is 19.9 Å². The molecule has 0 amide bonds. The summed E-state index contributed by atoms with van der Waals surface area (Å²) in [5.41, 5.74) is 5.66. The van der Waals surface area contributed by atoms with E-state index in [-0.39, 0.29) is 33.9 Å². The van der Waals surface area contributed by atoms with Crippen molar-refractivity contribution in [1.29, 1.82) is 0 Å². The predicted octanol–water partition coefficient (Wildman–Crippen LogP) is 2.55. The molecule has 2 rings (SSSR count). The van der Waals surface area contributed by atoms with Gasteiger partial charge in [-0.15, -0.1) is 0 Å². The molecule has 1 fully saturated rings. The Bertz CT molecular complexity index is 592. The van der Waals surface area contributed by atoms with E-state index in [0.717, 1.165) is 6.07 Å². The third kappa shape index (κ3) is 3.32. The summed E-state index contributed by atoms with van der Waals surface area (Å²) in [6.45, 7) is 0. The van der Waals surface area contributed by atoms with Gasteiger partial charge in [-0.3, -0.25) is 0 Å². The quantitative estimate of drug-likeness (QED) is 0.849. The van der Waals surface area contributed by atoms with Crippen molar-refractivity contribution in [3.63, 3.8) is 0 Å². The van der Waals surface area contributed by atoms with Crippen LogP contribution in [0.1, 0.15) is 24.4 Å². The van der Waals surface area contributed by atoms with Crippen LogP contribution in [0.2, 0.25) is 0 Å². The lowest BCUT2D eigenvalue weighted by atomic mass is 9.94. The van der Waals surface area contributed by atoms with Crippen LogP contribution in [0.5, 0.6) is 0 Å². The summed E-state index contributed by atoms with van der Waals surface area (Å²) in [5, 5.41) is 0. The van der Waals surface area contributed by atoms with Crippen LogP contribution in [0, 0.1) is 17.6 Å². The maximum absolute atomic E-state index is 13.9. The van der Waals surface area contributed by atoms with E-state index in [2.05, 4.69) is 15.9 Å². The van der Waals surface area contributed by atoms with Gasteiger partial charge < -0.3 is 5.73 Å². The second-order valence-electron chi connectivity index (χ2n) is 4.87. The Hall–Kier alpha value is -0.530. The lowest BCUT2D eigenvalue weighted by molar-refractivity contribution is 0.446. The van der Waals surface area contributed by atoms with Crippen molar-refractivity contribution < 1.29 is 17.2 Å². The van der Waals surface area contributed by atoms with E-state index in [1.165, 1.54) is 6.07 Å². The van der Waals surface area contributed by atoms with Crippen LogP contribution in [-0.2, 0) is 9.84 Å². The van der Waals surface area contributed by atoms with E-state index in [1.54, 1.807) is 0 Å². The van der Waals surface area contributed by atoms with Gasteiger partial charge in [-0.2, -0.15) is 0 Å². The summed E-state index contributed by atoms with van der Waals surface area (Å²) < 4.78 is 50.4. The van der Waals surface area contributed by atoms with Gasteiger partial charge in [0.25, 0.3) is 0 Å². The Morgan fingerprint density at radius 3 is 2.68 bits per heavy atom. The van der Waals surface area contributed by atoms with Crippen LogP contribution in [0.15, 0.2) is 16.6 Å². The van der Waals surface area contributed by atoms with E-state index in [0.29, 0.717) is 6.42 Å². The first-order chi connectivity index (χ1) is 8.80. The molecule has 0 bridgehead atoms. The molecular formula is C12H14BrF2NO2S. The van der Waals surface area contributed by atoms with E-state index in [4.69, 9.17) is 5.73 Å². The Morgan fingerprint density at radius 1 is 1.42 bits per heavy atom. The van der Waals surface area contributed by atoms with E-state index in [9.17, 15) is 17.2 Å². The molecule has 1 saturated heterocycles. The Kier molecular flexibility index (Phi) is 4.27. The third-order valence-corrected chi connectivity index (χ3v) is 5.81. The van der Waals surface area contributed by atoms with Gasteiger partial charge in [-0.05, 0) is 46.8 Å². The number of rotatable bonds is 3. The first-order valence-corrected chi connectivity index (χ1v) is 8.51. The summed E-state index contributed by atoms with van der Waals surface area (Å²) >= 11 is 2.99. The molecule has 0 spiro atoms. The first kappa shape index (κ1) is 14.9. The molecule has 3 nitrogen and oxygen atoms in total. The number of nitrogens with two attached hydrogens (primary N) is 1. The molecule has 1 heterocycles. The van der Waals surface area contributed by atoms with Crippen LogP contribution >= 0.6 is 15.9 Å².